The summed E-state index contributed by atoms with van der Waals surface area (Å²) < 4.78 is 11.0. The number of likely N-dealkylation sites (tertiary alicyclic amines) is 1. The van der Waals surface area contributed by atoms with Crippen LogP contribution in [0, 0.1) is 11.8 Å². The summed E-state index contributed by atoms with van der Waals surface area (Å²) in [7, 11) is 0. The molecule has 27 heavy (non-hydrogen) atoms. The lowest BCUT2D eigenvalue weighted by Gasteiger charge is -2.15. The fourth-order valence-electron chi connectivity index (χ4n) is 3.30. The minimum absolute atomic E-state index is 0.0197. The van der Waals surface area contributed by atoms with E-state index in [0.717, 1.165) is 29.5 Å². The Balaban J connectivity index is 1.30. The summed E-state index contributed by atoms with van der Waals surface area (Å²) >= 11 is 0. The van der Waals surface area contributed by atoms with E-state index in [9.17, 15) is 9.59 Å². The quantitative estimate of drug-likeness (QED) is 0.777. The normalized spacial score (nSPS) is 19.5. The molecule has 1 aliphatic carbocycles. The molecule has 4 rings (SSSR count). The number of rotatable bonds is 8. The number of carbonyl (C=O) groups is 2. The zero-order valence-corrected chi connectivity index (χ0v) is 15.2. The van der Waals surface area contributed by atoms with Crippen LogP contribution >= 0.6 is 0 Å². The highest BCUT2D eigenvalue weighted by atomic mass is 16.5. The Hall–Kier alpha value is -2.60. The third kappa shape index (κ3) is 4.77. The van der Waals surface area contributed by atoms with Crippen LogP contribution in [0.25, 0.3) is 0 Å². The molecule has 6 nitrogen and oxygen atoms in total. The van der Waals surface area contributed by atoms with Crippen molar-refractivity contribution in [1.82, 2.24) is 4.90 Å². The van der Waals surface area contributed by atoms with Gasteiger partial charge >= 0.3 is 0 Å². The van der Waals surface area contributed by atoms with Gasteiger partial charge in [-0.05, 0) is 48.6 Å². The number of nitrogens with one attached hydrogen (secondary N) is 1. The number of benzene rings is 1. The van der Waals surface area contributed by atoms with Gasteiger partial charge in [-0.1, -0.05) is 12.1 Å². The SMILES string of the molecule is O=C(Nc1cccc(COCC2CC2)c1)C1CC(=O)N(Cc2ccco2)C1. The maximum Gasteiger partial charge on any atom is 0.229 e. The maximum atomic E-state index is 12.6. The Morgan fingerprint density at radius 3 is 2.93 bits per heavy atom. The number of hydrogen-bond acceptors (Lipinski definition) is 4. The minimum Gasteiger partial charge on any atom is -0.467 e. The third-order valence-corrected chi connectivity index (χ3v) is 5.03. The fraction of sp³-hybridized carbons (Fsp3) is 0.429. The van der Waals surface area contributed by atoms with Gasteiger partial charge in [-0.2, -0.15) is 0 Å². The van der Waals surface area contributed by atoms with Gasteiger partial charge in [-0.15, -0.1) is 0 Å². The van der Waals surface area contributed by atoms with Gasteiger partial charge in [-0.25, -0.2) is 0 Å². The number of anilines is 1. The Labute approximate surface area is 158 Å². The van der Waals surface area contributed by atoms with Crippen LogP contribution in [-0.2, 0) is 27.5 Å². The maximum absolute atomic E-state index is 12.6. The molecule has 0 bridgehead atoms. The molecule has 6 heteroatoms. The molecule has 1 atom stereocenters. The second-order valence-corrected chi connectivity index (χ2v) is 7.40. The predicted molar refractivity (Wildman–Crippen MR) is 99.7 cm³/mol. The van der Waals surface area contributed by atoms with Gasteiger partial charge in [0.15, 0.2) is 0 Å². The van der Waals surface area contributed by atoms with Crippen molar-refractivity contribution in [2.45, 2.75) is 32.4 Å². The first-order valence-electron chi connectivity index (χ1n) is 9.45. The van der Waals surface area contributed by atoms with E-state index in [2.05, 4.69) is 5.32 Å². The summed E-state index contributed by atoms with van der Waals surface area (Å²) in [6.45, 7) is 2.18. The van der Waals surface area contributed by atoms with Gasteiger partial charge in [0.2, 0.25) is 11.8 Å². The van der Waals surface area contributed by atoms with Crippen LogP contribution in [0.15, 0.2) is 47.1 Å². The summed E-state index contributed by atoms with van der Waals surface area (Å²) in [4.78, 5) is 26.4. The minimum atomic E-state index is -0.345. The summed E-state index contributed by atoms with van der Waals surface area (Å²) in [6.07, 6.45) is 4.36. The first-order chi connectivity index (χ1) is 13.2. The lowest BCUT2D eigenvalue weighted by molar-refractivity contribution is -0.128. The number of furan rings is 1. The zero-order valence-electron chi connectivity index (χ0n) is 15.2. The van der Waals surface area contributed by atoms with E-state index >= 15 is 0 Å². The van der Waals surface area contributed by atoms with Crippen LogP contribution in [0.1, 0.15) is 30.6 Å². The lowest BCUT2D eigenvalue weighted by atomic mass is 10.1. The molecule has 1 aromatic heterocycles. The van der Waals surface area contributed by atoms with Crippen LogP contribution in [0.5, 0.6) is 0 Å². The molecule has 1 saturated heterocycles. The standard InChI is InChI=1S/C21H24N2O4/c24-20-10-17(11-23(20)12-19-5-2-8-27-19)21(25)22-18-4-1-3-16(9-18)14-26-13-15-6-7-15/h1-5,8-9,15,17H,6-7,10-14H2,(H,22,25). The number of ether oxygens (including phenoxy) is 1. The van der Waals surface area contributed by atoms with Crippen molar-refractivity contribution in [3.05, 3.63) is 54.0 Å². The van der Waals surface area contributed by atoms with Gasteiger partial charge in [0.25, 0.3) is 0 Å². The van der Waals surface area contributed by atoms with Crippen LogP contribution in [-0.4, -0.2) is 29.9 Å². The Bertz CT molecular complexity index is 798. The Kier molecular flexibility index (Phi) is 5.25. The highest BCUT2D eigenvalue weighted by molar-refractivity contribution is 5.97. The van der Waals surface area contributed by atoms with Crippen molar-refractivity contribution in [1.29, 1.82) is 0 Å². The Morgan fingerprint density at radius 2 is 2.15 bits per heavy atom. The number of carbonyl (C=O) groups excluding carboxylic acids is 2. The van der Waals surface area contributed by atoms with E-state index < -0.39 is 0 Å². The highest BCUT2D eigenvalue weighted by Crippen LogP contribution is 2.29. The smallest absolute Gasteiger partial charge is 0.229 e. The summed E-state index contributed by atoms with van der Waals surface area (Å²) in [5.41, 5.74) is 1.78. The summed E-state index contributed by atoms with van der Waals surface area (Å²) in [5.74, 6) is 0.970. The number of amides is 2. The van der Waals surface area contributed by atoms with Crippen molar-refractivity contribution in [3.63, 3.8) is 0 Å². The van der Waals surface area contributed by atoms with Gasteiger partial charge in [0, 0.05) is 25.3 Å². The van der Waals surface area contributed by atoms with Crippen LogP contribution in [0.4, 0.5) is 5.69 Å². The van der Waals surface area contributed by atoms with Crippen LogP contribution in [0.2, 0.25) is 0 Å². The Morgan fingerprint density at radius 1 is 1.26 bits per heavy atom. The monoisotopic (exact) mass is 368 g/mol. The van der Waals surface area contributed by atoms with Crippen LogP contribution < -0.4 is 5.32 Å². The second-order valence-electron chi connectivity index (χ2n) is 7.40. The van der Waals surface area contributed by atoms with E-state index in [0.29, 0.717) is 19.7 Å². The molecule has 1 saturated carbocycles. The molecule has 2 aliphatic rings. The zero-order chi connectivity index (χ0) is 18.6. The molecule has 0 radical (unpaired) electrons. The van der Waals surface area contributed by atoms with E-state index in [4.69, 9.17) is 9.15 Å². The first-order valence-corrected chi connectivity index (χ1v) is 9.45. The molecule has 1 aliphatic heterocycles. The van der Waals surface area contributed by atoms with Gasteiger partial charge in [0.05, 0.1) is 25.3 Å². The average molecular weight is 368 g/mol. The molecular weight excluding hydrogens is 344 g/mol. The molecule has 1 unspecified atom stereocenters. The van der Waals surface area contributed by atoms with Crippen molar-refractivity contribution in [2.75, 3.05) is 18.5 Å². The molecule has 1 N–H and O–H groups in total. The van der Waals surface area contributed by atoms with E-state index in [1.165, 1.54) is 12.8 Å². The van der Waals surface area contributed by atoms with Crippen LogP contribution in [0.3, 0.4) is 0 Å². The van der Waals surface area contributed by atoms with Crippen molar-refractivity contribution < 1.29 is 18.7 Å². The van der Waals surface area contributed by atoms with Gasteiger partial charge < -0.3 is 19.4 Å². The number of nitrogens with zero attached hydrogens (tertiary/aromatic N) is 1. The van der Waals surface area contributed by atoms with E-state index in [1.807, 2.05) is 30.3 Å². The van der Waals surface area contributed by atoms with Crippen molar-refractivity contribution >= 4 is 17.5 Å². The second kappa shape index (κ2) is 7.96. The molecule has 142 valence electrons. The lowest BCUT2D eigenvalue weighted by Crippen LogP contribution is -2.27. The van der Waals surface area contributed by atoms with E-state index in [1.54, 1.807) is 17.2 Å². The van der Waals surface area contributed by atoms with E-state index in [-0.39, 0.29) is 24.2 Å². The molecule has 2 aromatic rings. The average Bonchev–Trinajstić information content (AvgIpc) is 3.19. The summed E-state index contributed by atoms with van der Waals surface area (Å²) in [6, 6.07) is 11.3. The molecule has 2 heterocycles. The molecule has 0 spiro atoms. The van der Waals surface area contributed by atoms with Gasteiger partial charge in [0.1, 0.15) is 5.76 Å². The molecule has 2 fully saturated rings. The molecular formula is C21H24N2O4. The predicted octanol–water partition coefficient (Wildman–Crippen LogP) is 3.19. The fourth-order valence-corrected chi connectivity index (χ4v) is 3.30. The number of hydrogen-bond donors (Lipinski definition) is 1. The third-order valence-electron chi connectivity index (χ3n) is 5.03. The largest absolute Gasteiger partial charge is 0.467 e. The molecule has 1 aromatic carbocycles. The summed E-state index contributed by atoms with van der Waals surface area (Å²) in [5, 5.41) is 2.94. The first kappa shape index (κ1) is 17.8. The van der Waals surface area contributed by atoms with Crippen molar-refractivity contribution in [3.8, 4) is 0 Å². The van der Waals surface area contributed by atoms with Crippen molar-refractivity contribution in [2.24, 2.45) is 11.8 Å². The molecule has 2 amide bonds. The van der Waals surface area contributed by atoms with Gasteiger partial charge in [-0.3, -0.25) is 9.59 Å². The highest BCUT2D eigenvalue weighted by Gasteiger charge is 2.34. The topological polar surface area (TPSA) is 71.8 Å².